The lowest BCUT2D eigenvalue weighted by Gasteiger charge is -2.12. The van der Waals surface area contributed by atoms with E-state index in [1.807, 2.05) is 25.1 Å². The summed E-state index contributed by atoms with van der Waals surface area (Å²) >= 11 is 3.30. The molecule has 0 N–H and O–H groups in total. The van der Waals surface area contributed by atoms with Gasteiger partial charge in [-0.2, -0.15) is 0 Å². The first kappa shape index (κ1) is 19.3. The van der Waals surface area contributed by atoms with Crippen molar-refractivity contribution in [2.75, 3.05) is 0 Å². The van der Waals surface area contributed by atoms with Gasteiger partial charge in [0.25, 0.3) is 0 Å². The SMILES string of the molecule is Cc1nc(CSc2ccc(C(=O)OC(C)C(=O)c3ccccc3)cc2)cs1. The maximum Gasteiger partial charge on any atom is 0.338 e. The molecule has 0 spiro atoms. The molecule has 0 aliphatic rings. The highest BCUT2D eigenvalue weighted by Crippen LogP contribution is 2.24. The van der Waals surface area contributed by atoms with E-state index in [1.165, 1.54) is 0 Å². The van der Waals surface area contributed by atoms with Crippen LogP contribution in [-0.4, -0.2) is 22.8 Å². The average Bonchev–Trinajstić information content (AvgIpc) is 3.12. The first-order chi connectivity index (χ1) is 13.0. The second-order valence-electron chi connectivity index (χ2n) is 5.95. The Morgan fingerprint density at radius 3 is 2.41 bits per heavy atom. The molecule has 0 aliphatic heterocycles. The third-order valence-corrected chi connectivity index (χ3v) is 5.72. The van der Waals surface area contributed by atoms with E-state index in [0.29, 0.717) is 11.1 Å². The van der Waals surface area contributed by atoms with Gasteiger partial charge >= 0.3 is 5.97 Å². The number of esters is 1. The Labute approximate surface area is 166 Å². The molecule has 1 atom stereocenters. The quantitative estimate of drug-likeness (QED) is 0.313. The maximum absolute atomic E-state index is 12.3. The number of aryl methyl sites for hydroxylation is 1. The lowest BCUT2D eigenvalue weighted by molar-refractivity contribution is 0.0319. The highest BCUT2D eigenvalue weighted by Gasteiger charge is 2.20. The number of carbonyl (C=O) groups is 2. The van der Waals surface area contributed by atoms with Gasteiger partial charge in [0.2, 0.25) is 5.78 Å². The largest absolute Gasteiger partial charge is 0.451 e. The lowest BCUT2D eigenvalue weighted by atomic mass is 10.1. The molecule has 1 unspecified atom stereocenters. The van der Waals surface area contributed by atoms with Crippen molar-refractivity contribution in [3.8, 4) is 0 Å². The van der Waals surface area contributed by atoms with Crippen LogP contribution in [0.1, 0.15) is 38.3 Å². The summed E-state index contributed by atoms with van der Waals surface area (Å²) in [5, 5.41) is 3.11. The highest BCUT2D eigenvalue weighted by molar-refractivity contribution is 7.98. The number of ether oxygens (including phenoxy) is 1. The Morgan fingerprint density at radius 1 is 1.07 bits per heavy atom. The summed E-state index contributed by atoms with van der Waals surface area (Å²) in [7, 11) is 0. The van der Waals surface area contributed by atoms with Crippen LogP contribution in [0, 0.1) is 6.92 Å². The van der Waals surface area contributed by atoms with Gasteiger partial charge in [-0.15, -0.1) is 23.1 Å². The number of aromatic nitrogens is 1. The summed E-state index contributed by atoms with van der Waals surface area (Å²) < 4.78 is 5.32. The number of thiazole rings is 1. The van der Waals surface area contributed by atoms with Crippen LogP contribution in [0.5, 0.6) is 0 Å². The number of nitrogens with zero attached hydrogens (tertiary/aromatic N) is 1. The summed E-state index contributed by atoms with van der Waals surface area (Å²) in [6.45, 7) is 3.58. The zero-order chi connectivity index (χ0) is 19.2. The average molecular weight is 398 g/mol. The van der Waals surface area contributed by atoms with E-state index in [2.05, 4.69) is 10.4 Å². The van der Waals surface area contributed by atoms with E-state index in [1.54, 1.807) is 66.4 Å². The number of ketones is 1. The molecule has 6 heteroatoms. The predicted molar refractivity (Wildman–Crippen MR) is 109 cm³/mol. The van der Waals surface area contributed by atoms with Gasteiger partial charge in [0.1, 0.15) is 0 Å². The predicted octanol–water partition coefficient (Wildman–Crippen LogP) is 5.17. The van der Waals surface area contributed by atoms with Crippen molar-refractivity contribution >= 4 is 34.9 Å². The van der Waals surface area contributed by atoms with Crippen LogP contribution in [0.2, 0.25) is 0 Å². The Hall–Kier alpha value is -2.44. The molecule has 0 radical (unpaired) electrons. The van der Waals surface area contributed by atoms with Crippen molar-refractivity contribution in [3.05, 3.63) is 81.8 Å². The van der Waals surface area contributed by atoms with Crippen molar-refractivity contribution in [3.63, 3.8) is 0 Å². The monoisotopic (exact) mass is 397 g/mol. The number of benzene rings is 2. The van der Waals surface area contributed by atoms with Gasteiger partial charge in [-0.05, 0) is 38.1 Å². The van der Waals surface area contributed by atoms with Gasteiger partial charge in [-0.3, -0.25) is 4.79 Å². The minimum atomic E-state index is -0.832. The standard InChI is InChI=1S/C21H19NO3S2/c1-14(20(23)16-6-4-3-5-7-16)25-21(24)17-8-10-19(11-9-17)27-13-18-12-26-15(2)22-18/h3-12,14H,13H2,1-2H3. The third kappa shape index (κ3) is 5.28. The summed E-state index contributed by atoms with van der Waals surface area (Å²) in [5.41, 5.74) is 2.01. The van der Waals surface area contributed by atoms with Crippen molar-refractivity contribution in [2.24, 2.45) is 0 Å². The molecule has 1 aromatic heterocycles. The Kier molecular flexibility index (Phi) is 6.42. The number of hydrogen-bond donors (Lipinski definition) is 0. The van der Waals surface area contributed by atoms with Gasteiger partial charge in [-0.1, -0.05) is 30.3 Å². The van der Waals surface area contributed by atoms with E-state index >= 15 is 0 Å². The van der Waals surface area contributed by atoms with Gasteiger partial charge in [0.05, 0.1) is 16.3 Å². The molecule has 0 saturated carbocycles. The number of Topliss-reactive ketones (excluding diaryl/α,β-unsaturated/α-hetero) is 1. The zero-order valence-corrected chi connectivity index (χ0v) is 16.7. The molecule has 0 aliphatic carbocycles. The summed E-state index contributed by atoms with van der Waals surface area (Å²) in [4.78, 5) is 30.1. The molecule has 0 bridgehead atoms. The molecule has 3 rings (SSSR count). The second kappa shape index (κ2) is 8.97. The minimum absolute atomic E-state index is 0.213. The summed E-state index contributed by atoms with van der Waals surface area (Å²) in [6, 6.07) is 16.0. The summed E-state index contributed by atoms with van der Waals surface area (Å²) in [6.07, 6.45) is -0.832. The minimum Gasteiger partial charge on any atom is -0.451 e. The molecule has 1 heterocycles. The molecular formula is C21H19NO3S2. The van der Waals surface area contributed by atoms with Gasteiger partial charge in [0, 0.05) is 21.6 Å². The first-order valence-electron chi connectivity index (χ1n) is 8.47. The fourth-order valence-electron chi connectivity index (χ4n) is 2.44. The van der Waals surface area contributed by atoms with Crippen LogP contribution >= 0.6 is 23.1 Å². The van der Waals surface area contributed by atoms with Crippen LogP contribution in [0.15, 0.2) is 64.9 Å². The Bertz CT molecular complexity index is 920. The Balaban J connectivity index is 1.56. The van der Waals surface area contributed by atoms with Crippen LogP contribution in [0.4, 0.5) is 0 Å². The fraction of sp³-hybridized carbons (Fsp3) is 0.190. The second-order valence-corrected chi connectivity index (χ2v) is 8.06. The number of thioether (sulfide) groups is 1. The van der Waals surface area contributed by atoms with Crippen molar-refractivity contribution in [2.45, 2.75) is 30.6 Å². The molecule has 3 aromatic rings. The molecule has 0 fully saturated rings. The van der Waals surface area contributed by atoms with Gasteiger partial charge in [-0.25, -0.2) is 9.78 Å². The van der Waals surface area contributed by atoms with Crippen LogP contribution in [-0.2, 0) is 10.5 Å². The fourth-order valence-corrected chi connectivity index (χ4v) is 3.95. The molecule has 4 nitrogen and oxygen atoms in total. The first-order valence-corrected chi connectivity index (χ1v) is 10.3. The smallest absolute Gasteiger partial charge is 0.338 e. The van der Waals surface area contributed by atoms with E-state index in [0.717, 1.165) is 21.3 Å². The lowest BCUT2D eigenvalue weighted by Crippen LogP contribution is -2.24. The summed E-state index contributed by atoms with van der Waals surface area (Å²) in [5.74, 6) is 0.0738. The van der Waals surface area contributed by atoms with E-state index < -0.39 is 12.1 Å². The van der Waals surface area contributed by atoms with Crippen molar-refractivity contribution < 1.29 is 14.3 Å². The zero-order valence-electron chi connectivity index (χ0n) is 15.0. The third-order valence-electron chi connectivity index (χ3n) is 3.85. The molecule has 27 heavy (non-hydrogen) atoms. The molecule has 0 amide bonds. The topological polar surface area (TPSA) is 56.3 Å². The van der Waals surface area contributed by atoms with Crippen molar-refractivity contribution in [1.82, 2.24) is 4.98 Å². The molecular weight excluding hydrogens is 378 g/mol. The van der Waals surface area contributed by atoms with E-state index in [9.17, 15) is 9.59 Å². The van der Waals surface area contributed by atoms with Gasteiger partial charge < -0.3 is 4.74 Å². The Morgan fingerprint density at radius 2 is 1.78 bits per heavy atom. The number of hydrogen-bond acceptors (Lipinski definition) is 6. The normalized spacial score (nSPS) is 11.8. The molecule has 2 aromatic carbocycles. The molecule has 138 valence electrons. The van der Waals surface area contributed by atoms with Crippen LogP contribution in [0.25, 0.3) is 0 Å². The highest BCUT2D eigenvalue weighted by atomic mass is 32.2. The van der Waals surface area contributed by atoms with Crippen LogP contribution < -0.4 is 0 Å². The number of rotatable bonds is 7. The van der Waals surface area contributed by atoms with Gasteiger partial charge in [0.15, 0.2) is 6.10 Å². The molecule has 0 saturated heterocycles. The van der Waals surface area contributed by atoms with E-state index in [-0.39, 0.29) is 5.78 Å². The van der Waals surface area contributed by atoms with Crippen LogP contribution in [0.3, 0.4) is 0 Å². The van der Waals surface area contributed by atoms with E-state index in [4.69, 9.17) is 4.74 Å². The number of carbonyl (C=O) groups excluding carboxylic acids is 2. The maximum atomic E-state index is 12.3. The van der Waals surface area contributed by atoms with Crippen molar-refractivity contribution in [1.29, 1.82) is 0 Å².